The van der Waals surface area contributed by atoms with Crippen LogP contribution in [0.3, 0.4) is 0 Å². The van der Waals surface area contributed by atoms with Crippen LogP contribution < -0.4 is 0 Å². The van der Waals surface area contributed by atoms with E-state index in [0.29, 0.717) is 5.82 Å². The number of nitrogens with zero attached hydrogens (tertiary/aromatic N) is 2. The van der Waals surface area contributed by atoms with Crippen LogP contribution in [0.4, 0.5) is 0 Å². The van der Waals surface area contributed by atoms with E-state index in [1.807, 2.05) is 0 Å². The third kappa shape index (κ3) is 7.51. The van der Waals surface area contributed by atoms with Crippen LogP contribution in [-0.2, 0) is 0 Å². The molecular formula is C64H42N2. The minimum absolute atomic E-state index is 0.702. The maximum Gasteiger partial charge on any atom is 0.160 e. The molecule has 0 bridgehead atoms. The summed E-state index contributed by atoms with van der Waals surface area (Å²) in [6.45, 7) is 0. The Bertz CT molecular complexity index is 3720. The van der Waals surface area contributed by atoms with Gasteiger partial charge in [-0.15, -0.1) is 0 Å². The maximum atomic E-state index is 5.39. The quantitative estimate of drug-likeness (QED) is 0.143. The van der Waals surface area contributed by atoms with Crippen LogP contribution in [0.25, 0.3) is 122 Å². The van der Waals surface area contributed by atoms with Crippen LogP contribution in [0.2, 0.25) is 0 Å². The monoisotopic (exact) mass is 838 g/mol. The topological polar surface area (TPSA) is 25.8 Å². The zero-order chi connectivity index (χ0) is 43.8. The summed E-state index contributed by atoms with van der Waals surface area (Å²) in [5.74, 6) is 0.702. The average Bonchev–Trinajstić information content (AvgIpc) is 3.41. The van der Waals surface area contributed by atoms with Crippen LogP contribution in [0, 0.1) is 0 Å². The molecule has 0 spiro atoms. The molecule has 0 saturated heterocycles. The third-order valence-corrected chi connectivity index (χ3v) is 12.9. The Kier molecular flexibility index (Phi) is 9.89. The van der Waals surface area contributed by atoms with Crippen molar-refractivity contribution in [2.75, 3.05) is 0 Å². The highest BCUT2D eigenvalue weighted by Gasteiger charge is 2.16. The molecule has 2 heteroatoms. The van der Waals surface area contributed by atoms with Crippen LogP contribution in [0.15, 0.2) is 255 Å². The van der Waals surface area contributed by atoms with Gasteiger partial charge >= 0.3 is 0 Å². The summed E-state index contributed by atoms with van der Waals surface area (Å²) in [5, 5.41) is 5.87. The first kappa shape index (κ1) is 38.9. The molecule has 12 aromatic rings. The zero-order valence-corrected chi connectivity index (χ0v) is 36.1. The van der Waals surface area contributed by atoms with E-state index < -0.39 is 0 Å². The molecule has 66 heavy (non-hydrogen) atoms. The van der Waals surface area contributed by atoms with Gasteiger partial charge in [-0.25, -0.2) is 9.97 Å². The minimum atomic E-state index is 0.702. The number of aromatic nitrogens is 2. The van der Waals surface area contributed by atoms with Crippen molar-refractivity contribution in [1.82, 2.24) is 9.97 Å². The highest BCUT2D eigenvalue weighted by molar-refractivity contribution is 6.12. The van der Waals surface area contributed by atoms with Gasteiger partial charge in [-0.2, -0.15) is 0 Å². The van der Waals surface area contributed by atoms with Gasteiger partial charge in [-0.3, -0.25) is 0 Å². The van der Waals surface area contributed by atoms with E-state index in [0.717, 1.165) is 55.4 Å². The van der Waals surface area contributed by atoms with E-state index in [4.69, 9.17) is 9.97 Å². The predicted octanol–water partition coefficient (Wildman–Crippen LogP) is 17.3. The Balaban J connectivity index is 0.845. The lowest BCUT2D eigenvalue weighted by Gasteiger charge is -2.13. The van der Waals surface area contributed by atoms with Crippen molar-refractivity contribution < 1.29 is 0 Å². The molecule has 0 amide bonds. The highest BCUT2D eigenvalue weighted by atomic mass is 14.9. The van der Waals surface area contributed by atoms with Crippen molar-refractivity contribution >= 4 is 32.4 Å². The van der Waals surface area contributed by atoms with Crippen LogP contribution >= 0.6 is 0 Å². The molecule has 0 saturated carbocycles. The van der Waals surface area contributed by atoms with Crippen LogP contribution in [0.1, 0.15) is 0 Å². The summed E-state index contributed by atoms with van der Waals surface area (Å²) < 4.78 is 0. The van der Waals surface area contributed by atoms with Crippen molar-refractivity contribution in [3.8, 4) is 89.4 Å². The standard InChI is InChI=1S/C64H42N2/c1-2-11-43(12-3-1)53-16-8-17-54(39-53)48-27-29-49(30-28-48)56-19-10-21-59(42-56)63-62-60-22-7-6-14-50(60)37-38-61(62)65-64(66-63)51-34-31-46(32-35-51)45-23-25-47(26-24-45)55-18-9-20-57(40-55)58-36-33-44-13-4-5-15-52(44)41-58/h1-42H. The minimum Gasteiger partial charge on any atom is -0.228 e. The second kappa shape index (κ2) is 16.8. The van der Waals surface area contributed by atoms with E-state index in [1.165, 1.54) is 60.7 Å². The average molecular weight is 839 g/mol. The summed E-state index contributed by atoms with van der Waals surface area (Å²) in [5.41, 5.74) is 18.1. The molecule has 1 heterocycles. The number of fused-ring (bicyclic) bond motifs is 4. The van der Waals surface area contributed by atoms with E-state index in [9.17, 15) is 0 Å². The number of hydrogen-bond acceptors (Lipinski definition) is 2. The van der Waals surface area contributed by atoms with Crippen molar-refractivity contribution in [2.45, 2.75) is 0 Å². The second-order valence-electron chi connectivity index (χ2n) is 17.0. The lowest BCUT2D eigenvalue weighted by atomic mass is 9.95. The molecule has 0 aliphatic carbocycles. The summed E-state index contributed by atoms with van der Waals surface area (Å²) >= 11 is 0. The highest BCUT2D eigenvalue weighted by Crippen LogP contribution is 2.38. The Labute approximate surface area is 384 Å². The predicted molar refractivity (Wildman–Crippen MR) is 278 cm³/mol. The van der Waals surface area contributed by atoms with Gasteiger partial charge in [0.05, 0.1) is 11.2 Å². The number of hydrogen-bond donors (Lipinski definition) is 0. The molecule has 0 fully saturated rings. The lowest BCUT2D eigenvalue weighted by molar-refractivity contribution is 1.23. The van der Waals surface area contributed by atoms with E-state index in [-0.39, 0.29) is 0 Å². The Morgan fingerprint density at radius 1 is 0.212 bits per heavy atom. The summed E-state index contributed by atoms with van der Waals surface area (Å²) in [6.07, 6.45) is 0. The van der Waals surface area contributed by atoms with E-state index in [2.05, 4.69) is 255 Å². The fourth-order valence-electron chi connectivity index (χ4n) is 9.37. The molecule has 11 aromatic carbocycles. The second-order valence-corrected chi connectivity index (χ2v) is 17.0. The lowest BCUT2D eigenvalue weighted by Crippen LogP contribution is -1.96. The maximum absolute atomic E-state index is 5.39. The molecule has 0 atom stereocenters. The van der Waals surface area contributed by atoms with Crippen molar-refractivity contribution in [3.05, 3.63) is 255 Å². The van der Waals surface area contributed by atoms with Crippen LogP contribution in [0.5, 0.6) is 0 Å². The van der Waals surface area contributed by atoms with Crippen molar-refractivity contribution in [3.63, 3.8) is 0 Å². The molecule has 2 nitrogen and oxygen atoms in total. The first-order valence-corrected chi connectivity index (χ1v) is 22.5. The summed E-state index contributed by atoms with van der Waals surface area (Å²) in [4.78, 5) is 10.6. The molecule has 0 aliphatic heterocycles. The van der Waals surface area contributed by atoms with Gasteiger partial charge in [0.25, 0.3) is 0 Å². The molecule has 0 unspecified atom stereocenters. The van der Waals surface area contributed by atoms with Gasteiger partial charge in [0.1, 0.15) is 0 Å². The fraction of sp³-hybridized carbons (Fsp3) is 0. The van der Waals surface area contributed by atoms with Gasteiger partial charge in [-0.05, 0) is 119 Å². The van der Waals surface area contributed by atoms with Crippen LogP contribution in [-0.4, -0.2) is 9.97 Å². The van der Waals surface area contributed by atoms with Gasteiger partial charge in [-0.1, -0.05) is 224 Å². The largest absolute Gasteiger partial charge is 0.228 e. The normalized spacial score (nSPS) is 11.3. The van der Waals surface area contributed by atoms with Gasteiger partial charge in [0.2, 0.25) is 0 Å². The number of benzene rings is 11. The molecule has 0 radical (unpaired) electrons. The number of rotatable bonds is 8. The summed E-state index contributed by atoms with van der Waals surface area (Å²) in [7, 11) is 0. The van der Waals surface area contributed by atoms with E-state index >= 15 is 0 Å². The SMILES string of the molecule is c1ccc(-c2cccc(-c3ccc(-c4cccc(-c5nc(-c6ccc(-c7ccc(-c8cccc(-c9ccc%10ccccc%10c9)c8)cc7)cc6)nc6ccc7ccccc7c56)c4)cc3)c2)cc1. The molecule has 12 rings (SSSR count). The Morgan fingerprint density at radius 3 is 1.18 bits per heavy atom. The molecule has 0 N–H and O–H groups in total. The van der Waals surface area contributed by atoms with Gasteiger partial charge in [0, 0.05) is 16.5 Å². The summed E-state index contributed by atoms with van der Waals surface area (Å²) in [6, 6.07) is 91.4. The first-order valence-electron chi connectivity index (χ1n) is 22.5. The Morgan fingerprint density at radius 2 is 0.591 bits per heavy atom. The fourth-order valence-corrected chi connectivity index (χ4v) is 9.37. The smallest absolute Gasteiger partial charge is 0.160 e. The molecule has 0 aliphatic rings. The molecular weight excluding hydrogens is 797 g/mol. The third-order valence-electron chi connectivity index (χ3n) is 12.9. The van der Waals surface area contributed by atoms with Crippen molar-refractivity contribution in [1.29, 1.82) is 0 Å². The van der Waals surface area contributed by atoms with Crippen molar-refractivity contribution in [2.24, 2.45) is 0 Å². The first-order chi connectivity index (χ1) is 32.7. The van der Waals surface area contributed by atoms with Gasteiger partial charge in [0.15, 0.2) is 5.82 Å². The Hall–Kier alpha value is -8.72. The van der Waals surface area contributed by atoms with Gasteiger partial charge < -0.3 is 0 Å². The molecule has 308 valence electrons. The van der Waals surface area contributed by atoms with E-state index in [1.54, 1.807) is 0 Å². The molecule has 1 aromatic heterocycles. The zero-order valence-electron chi connectivity index (χ0n) is 36.1.